The van der Waals surface area contributed by atoms with Crippen LogP contribution in [-0.2, 0) is 10.0 Å². The van der Waals surface area contributed by atoms with Crippen molar-refractivity contribution < 1.29 is 8.42 Å². The van der Waals surface area contributed by atoms with Gasteiger partial charge in [-0.05, 0) is 30.5 Å². The third-order valence-corrected chi connectivity index (χ3v) is 4.50. The Hall–Kier alpha value is -0.390. The summed E-state index contributed by atoms with van der Waals surface area (Å²) in [6.45, 7) is 2.04. The van der Waals surface area contributed by atoms with Crippen molar-refractivity contribution in [3.05, 3.63) is 28.7 Å². The predicted octanol–water partition coefficient (Wildman–Crippen LogP) is 2.14. The molecule has 82 valence electrons. The minimum absolute atomic E-state index is 0.119. The van der Waals surface area contributed by atoms with Crippen LogP contribution in [0.1, 0.15) is 13.3 Å². The highest BCUT2D eigenvalue weighted by Gasteiger charge is 2.36. The normalized spacial score (nSPS) is 25.2. The van der Waals surface area contributed by atoms with E-state index in [4.69, 9.17) is 0 Å². The SMILES string of the molecule is CC1CC1NS(=O)(=O)c1cccc(Br)c1. The van der Waals surface area contributed by atoms with Crippen molar-refractivity contribution >= 4 is 26.0 Å². The van der Waals surface area contributed by atoms with E-state index in [1.807, 2.05) is 6.92 Å². The van der Waals surface area contributed by atoms with Crippen molar-refractivity contribution in [1.82, 2.24) is 4.72 Å². The summed E-state index contributed by atoms with van der Waals surface area (Å²) in [5.74, 6) is 0.465. The molecule has 3 nitrogen and oxygen atoms in total. The van der Waals surface area contributed by atoms with Crippen LogP contribution in [0, 0.1) is 5.92 Å². The fourth-order valence-electron chi connectivity index (χ4n) is 1.39. The van der Waals surface area contributed by atoms with Gasteiger partial charge in [0.1, 0.15) is 0 Å². The van der Waals surface area contributed by atoms with E-state index < -0.39 is 10.0 Å². The Morgan fingerprint density at radius 1 is 1.47 bits per heavy atom. The van der Waals surface area contributed by atoms with Crippen molar-refractivity contribution in [1.29, 1.82) is 0 Å². The lowest BCUT2D eigenvalue weighted by Gasteiger charge is -2.05. The maximum Gasteiger partial charge on any atom is 0.240 e. The number of nitrogens with one attached hydrogen (secondary N) is 1. The lowest BCUT2D eigenvalue weighted by molar-refractivity contribution is 0.578. The number of halogens is 1. The molecule has 1 aromatic rings. The zero-order valence-electron chi connectivity index (χ0n) is 8.27. The molecule has 2 rings (SSSR count). The predicted molar refractivity (Wildman–Crippen MR) is 62.0 cm³/mol. The fraction of sp³-hybridized carbons (Fsp3) is 0.400. The summed E-state index contributed by atoms with van der Waals surface area (Å²) in [6.07, 6.45) is 0.938. The molecule has 5 heteroatoms. The molecule has 0 aromatic heterocycles. The van der Waals surface area contributed by atoms with Gasteiger partial charge in [-0.25, -0.2) is 13.1 Å². The van der Waals surface area contributed by atoms with Crippen LogP contribution in [0.4, 0.5) is 0 Å². The Bertz CT molecular complexity index is 472. The second-order valence-corrected chi connectivity index (χ2v) is 6.53. The molecule has 2 atom stereocenters. The lowest BCUT2D eigenvalue weighted by atomic mass is 10.4. The van der Waals surface area contributed by atoms with Crippen LogP contribution in [0.3, 0.4) is 0 Å². The zero-order valence-corrected chi connectivity index (χ0v) is 10.7. The fourth-order valence-corrected chi connectivity index (χ4v) is 3.34. The van der Waals surface area contributed by atoms with Crippen molar-refractivity contribution in [3.63, 3.8) is 0 Å². The smallest absolute Gasteiger partial charge is 0.208 e. The molecule has 0 heterocycles. The molecule has 15 heavy (non-hydrogen) atoms. The van der Waals surface area contributed by atoms with Gasteiger partial charge in [0, 0.05) is 10.5 Å². The summed E-state index contributed by atoms with van der Waals surface area (Å²) >= 11 is 3.26. The van der Waals surface area contributed by atoms with Gasteiger partial charge in [0.15, 0.2) is 0 Å². The first-order chi connectivity index (χ1) is 6.99. The average molecular weight is 290 g/mol. The minimum atomic E-state index is -3.33. The van der Waals surface area contributed by atoms with E-state index in [0.717, 1.165) is 10.9 Å². The minimum Gasteiger partial charge on any atom is -0.208 e. The van der Waals surface area contributed by atoms with E-state index in [1.165, 1.54) is 0 Å². The molecule has 1 aliphatic carbocycles. The van der Waals surface area contributed by atoms with E-state index >= 15 is 0 Å². The van der Waals surface area contributed by atoms with Crippen molar-refractivity contribution in [2.24, 2.45) is 5.92 Å². The molecule has 0 bridgehead atoms. The second-order valence-electron chi connectivity index (χ2n) is 3.90. The Morgan fingerprint density at radius 2 is 2.13 bits per heavy atom. The largest absolute Gasteiger partial charge is 0.240 e. The summed E-state index contributed by atoms with van der Waals surface area (Å²) in [7, 11) is -3.33. The number of sulfonamides is 1. The van der Waals surface area contributed by atoms with E-state index in [1.54, 1.807) is 24.3 Å². The number of benzene rings is 1. The van der Waals surface area contributed by atoms with Gasteiger partial charge in [-0.2, -0.15) is 0 Å². The Balaban J connectivity index is 2.21. The van der Waals surface area contributed by atoms with Crippen molar-refractivity contribution in [2.75, 3.05) is 0 Å². The van der Waals surface area contributed by atoms with E-state index in [9.17, 15) is 8.42 Å². The molecule has 1 aliphatic rings. The highest BCUT2D eigenvalue weighted by Crippen LogP contribution is 2.30. The van der Waals surface area contributed by atoms with Crippen LogP contribution in [0.2, 0.25) is 0 Å². The number of rotatable bonds is 3. The molecular formula is C10H12BrNO2S. The maximum atomic E-state index is 11.8. The van der Waals surface area contributed by atoms with Crippen LogP contribution in [0.25, 0.3) is 0 Å². The zero-order chi connectivity index (χ0) is 11.1. The van der Waals surface area contributed by atoms with Crippen molar-refractivity contribution in [3.8, 4) is 0 Å². The van der Waals surface area contributed by atoms with Crippen LogP contribution < -0.4 is 4.72 Å². The van der Waals surface area contributed by atoms with Gasteiger partial charge in [-0.1, -0.05) is 28.9 Å². The van der Waals surface area contributed by atoms with Gasteiger partial charge in [0.2, 0.25) is 10.0 Å². The van der Waals surface area contributed by atoms with E-state index in [0.29, 0.717) is 10.8 Å². The summed E-state index contributed by atoms with van der Waals surface area (Å²) in [6, 6.07) is 6.84. The summed E-state index contributed by atoms with van der Waals surface area (Å²) < 4.78 is 27.1. The Morgan fingerprint density at radius 3 is 2.67 bits per heavy atom. The monoisotopic (exact) mass is 289 g/mol. The molecule has 1 aromatic carbocycles. The quantitative estimate of drug-likeness (QED) is 0.927. The topological polar surface area (TPSA) is 46.2 Å². The molecule has 1 fully saturated rings. The molecule has 0 aliphatic heterocycles. The van der Waals surface area contributed by atoms with E-state index in [2.05, 4.69) is 20.7 Å². The molecule has 0 amide bonds. The van der Waals surface area contributed by atoms with Gasteiger partial charge >= 0.3 is 0 Å². The van der Waals surface area contributed by atoms with Crippen LogP contribution >= 0.6 is 15.9 Å². The molecule has 1 saturated carbocycles. The number of hydrogen-bond donors (Lipinski definition) is 1. The van der Waals surface area contributed by atoms with Crippen molar-refractivity contribution in [2.45, 2.75) is 24.3 Å². The van der Waals surface area contributed by atoms with Crippen LogP contribution in [0.5, 0.6) is 0 Å². The van der Waals surface area contributed by atoms with Crippen LogP contribution in [0.15, 0.2) is 33.6 Å². The van der Waals surface area contributed by atoms with Crippen LogP contribution in [-0.4, -0.2) is 14.5 Å². The van der Waals surface area contributed by atoms with Gasteiger partial charge < -0.3 is 0 Å². The third kappa shape index (κ3) is 2.59. The van der Waals surface area contributed by atoms with Gasteiger partial charge in [0.05, 0.1) is 4.90 Å². The Kier molecular flexibility index (Phi) is 2.87. The molecule has 0 radical (unpaired) electrons. The van der Waals surface area contributed by atoms with E-state index in [-0.39, 0.29) is 6.04 Å². The summed E-state index contributed by atoms with van der Waals surface area (Å²) in [5.41, 5.74) is 0. The third-order valence-electron chi connectivity index (χ3n) is 2.52. The standard InChI is InChI=1S/C10H12BrNO2S/c1-7-5-10(7)12-15(13,14)9-4-2-3-8(11)6-9/h2-4,6-7,10,12H,5H2,1H3. The van der Waals surface area contributed by atoms with Gasteiger partial charge in [-0.15, -0.1) is 0 Å². The second kappa shape index (κ2) is 3.88. The highest BCUT2D eigenvalue weighted by atomic mass is 79.9. The lowest BCUT2D eigenvalue weighted by Crippen LogP contribution is -2.26. The first-order valence-corrected chi connectivity index (χ1v) is 7.04. The Labute approximate surface area is 98.1 Å². The van der Waals surface area contributed by atoms with Gasteiger partial charge in [-0.3, -0.25) is 0 Å². The summed E-state index contributed by atoms with van der Waals surface area (Å²) in [5, 5.41) is 0. The number of hydrogen-bond acceptors (Lipinski definition) is 2. The average Bonchev–Trinajstić information content (AvgIpc) is 2.80. The molecule has 0 spiro atoms. The molecule has 1 N–H and O–H groups in total. The highest BCUT2D eigenvalue weighted by molar-refractivity contribution is 9.10. The first-order valence-electron chi connectivity index (χ1n) is 4.77. The molecule has 0 saturated heterocycles. The first kappa shape index (κ1) is 11.1. The summed E-state index contributed by atoms with van der Waals surface area (Å²) in [4.78, 5) is 0.316. The molecular weight excluding hydrogens is 278 g/mol. The molecule has 2 unspecified atom stereocenters. The maximum absolute atomic E-state index is 11.8. The van der Waals surface area contributed by atoms with Gasteiger partial charge in [0.25, 0.3) is 0 Å².